The first kappa shape index (κ1) is 33.7. The van der Waals surface area contributed by atoms with Gasteiger partial charge in [-0.1, -0.05) is 35.3 Å². The molecule has 2 aliphatic rings. The standard InChI is InChI=1S/C33H35Cl2N7O5S/c1-20-21(2)41-13-4-6-27(31(41)38-20)47-19-24-25(34)11-12-28(29(24)35)48(45,46)42-14-3-5-26(42)33(44)40-17-15-39(16-18-40)32(43)23-9-7-22(8-10-23)30(36)37/h4,6-13,26H,3,5,14-19H2,1-2H3,(H3,36,37)/t26-/m0/s1. The molecule has 12 nitrogen and oxygen atoms in total. The number of amides is 2. The van der Waals surface area contributed by atoms with Crippen LogP contribution in [0.2, 0.25) is 10.0 Å². The van der Waals surface area contributed by atoms with Crippen LogP contribution in [0.4, 0.5) is 0 Å². The van der Waals surface area contributed by atoms with Gasteiger partial charge in [-0.2, -0.15) is 4.31 Å². The van der Waals surface area contributed by atoms with Crippen molar-refractivity contribution in [2.24, 2.45) is 5.73 Å². The third-order valence-corrected chi connectivity index (χ3v) is 11.9. The third-order valence-electron chi connectivity index (χ3n) is 9.01. The summed E-state index contributed by atoms with van der Waals surface area (Å²) in [6.07, 6.45) is 2.77. The molecule has 4 heterocycles. The number of nitrogens with one attached hydrogen (secondary N) is 1. The zero-order valence-electron chi connectivity index (χ0n) is 26.4. The average molecular weight is 713 g/mol. The summed E-state index contributed by atoms with van der Waals surface area (Å²) in [7, 11) is -4.20. The van der Waals surface area contributed by atoms with Crippen molar-refractivity contribution in [3.8, 4) is 5.75 Å². The summed E-state index contributed by atoms with van der Waals surface area (Å²) < 4.78 is 37.3. The van der Waals surface area contributed by atoms with Crippen molar-refractivity contribution in [3.05, 3.63) is 92.9 Å². The molecular weight excluding hydrogens is 677 g/mol. The van der Waals surface area contributed by atoms with Crippen LogP contribution in [0.5, 0.6) is 5.75 Å². The smallest absolute Gasteiger partial charge is 0.253 e. The monoisotopic (exact) mass is 711 g/mol. The highest BCUT2D eigenvalue weighted by Gasteiger charge is 2.43. The lowest BCUT2D eigenvalue weighted by Crippen LogP contribution is -2.55. The second-order valence-corrected chi connectivity index (χ2v) is 14.5. The minimum absolute atomic E-state index is 0.0632. The number of rotatable bonds is 8. The Morgan fingerprint density at radius 1 is 0.979 bits per heavy atom. The van der Waals surface area contributed by atoms with E-state index in [1.165, 1.54) is 16.4 Å². The summed E-state index contributed by atoms with van der Waals surface area (Å²) in [5.74, 6) is -0.0827. The summed E-state index contributed by atoms with van der Waals surface area (Å²) in [6.45, 7) is 5.07. The van der Waals surface area contributed by atoms with Gasteiger partial charge < -0.3 is 24.7 Å². The quantitative estimate of drug-likeness (QED) is 0.205. The summed E-state index contributed by atoms with van der Waals surface area (Å²) in [5.41, 5.74) is 9.25. The molecule has 15 heteroatoms. The van der Waals surface area contributed by atoms with E-state index >= 15 is 0 Å². The molecule has 48 heavy (non-hydrogen) atoms. The van der Waals surface area contributed by atoms with E-state index in [0.29, 0.717) is 54.0 Å². The Morgan fingerprint density at radius 3 is 2.33 bits per heavy atom. The fourth-order valence-corrected chi connectivity index (χ4v) is 8.68. The van der Waals surface area contributed by atoms with Gasteiger partial charge in [-0.25, -0.2) is 13.4 Å². The van der Waals surface area contributed by atoms with Crippen LogP contribution in [0.3, 0.4) is 0 Å². The summed E-state index contributed by atoms with van der Waals surface area (Å²) in [4.78, 5) is 34.5. The van der Waals surface area contributed by atoms with Crippen LogP contribution in [0.15, 0.2) is 59.6 Å². The maximum Gasteiger partial charge on any atom is 0.253 e. The highest BCUT2D eigenvalue weighted by molar-refractivity contribution is 7.89. The van der Waals surface area contributed by atoms with Gasteiger partial charge in [0, 0.05) is 66.3 Å². The topological polar surface area (TPSA) is 154 Å². The molecule has 0 spiro atoms. The molecule has 0 unspecified atom stereocenters. The van der Waals surface area contributed by atoms with Crippen LogP contribution in [0.25, 0.3) is 5.65 Å². The molecule has 1 atom stereocenters. The SMILES string of the molecule is Cc1nc2c(OCc3c(Cl)ccc(S(=O)(=O)N4CCC[C@H]4C(=O)N4CCN(C(=O)c5ccc(C(=N)N)cc5)CC4)c3Cl)cccn2c1C. The van der Waals surface area contributed by atoms with Crippen molar-refractivity contribution < 1.29 is 22.7 Å². The molecule has 3 N–H and O–H groups in total. The summed E-state index contributed by atoms with van der Waals surface area (Å²) >= 11 is 13.2. The van der Waals surface area contributed by atoms with Gasteiger partial charge in [-0.15, -0.1) is 0 Å². The van der Waals surface area contributed by atoms with E-state index in [4.69, 9.17) is 39.1 Å². The molecule has 0 radical (unpaired) electrons. The van der Waals surface area contributed by atoms with Crippen molar-refractivity contribution in [1.29, 1.82) is 5.41 Å². The number of nitrogen functional groups attached to an aromatic ring is 1. The predicted molar refractivity (Wildman–Crippen MR) is 182 cm³/mol. The molecule has 2 aromatic heterocycles. The number of carbonyl (C=O) groups excluding carboxylic acids is 2. The highest BCUT2D eigenvalue weighted by atomic mass is 35.5. The molecule has 2 amide bonds. The lowest BCUT2D eigenvalue weighted by Gasteiger charge is -2.37. The van der Waals surface area contributed by atoms with Crippen LogP contribution < -0.4 is 10.5 Å². The number of halogens is 2. The molecule has 2 fully saturated rings. The Kier molecular flexibility index (Phi) is 9.40. The molecular formula is C33H35Cl2N7O5S. The Labute approximate surface area is 288 Å². The Bertz CT molecular complexity index is 2030. The van der Waals surface area contributed by atoms with Crippen molar-refractivity contribution in [2.75, 3.05) is 32.7 Å². The van der Waals surface area contributed by atoms with Crippen LogP contribution in [0, 0.1) is 19.3 Å². The number of aromatic nitrogens is 2. The normalized spacial score (nSPS) is 17.2. The van der Waals surface area contributed by atoms with E-state index in [2.05, 4.69) is 4.98 Å². The van der Waals surface area contributed by atoms with Crippen LogP contribution >= 0.6 is 23.2 Å². The maximum atomic E-state index is 14.1. The number of fused-ring (bicyclic) bond motifs is 1. The molecule has 4 aromatic rings. The molecule has 6 rings (SSSR count). The number of hydrogen-bond acceptors (Lipinski definition) is 7. The fourth-order valence-electron chi connectivity index (χ4n) is 6.16. The van der Waals surface area contributed by atoms with Crippen molar-refractivity contribution in [3.63, 3.8) is 0 Å². The first-order chi connectivity index (χ1) is 22.9. The zero-order chi connectivity index (χ0) is 34.3. The van der Waals surface area contributed by atoms with Crippen molar-refractivity contribution in [2.45, 2.75) is 44.2 Å². The minimum Gasteiger partial charge on any atom is -0.485 e. The molecule has 252 valence electrons. The van der Waals surface area contributed by atoms with Gasteiger partial charge in [0.2, 0.25) is 15.9 Å². The second-order valence-electron chi connectivity index (χ2n) is 11.9. The van der Waals surface area contributed by atoms with E-state index in [1.54, 1.807) is 40.1 Å². The number of aryl methyl sites for hydroxylation is 2. The van der Waals surface area contributed by atoms with Crippen LogP contribution in [-0.2, 0) is 21.4 Å². The number of hydrogen-bond donors (Lipinski definition) is 2. The van der Waals surface area contributed by atoms with Gasteiger partial charge in [0.1, 0.15) is 23.4 Å². The maximum absolute atomic E-state index is 14.1. The number of benzene rings is 2. The van der Waals surface area contributed by atoms with E-state index in [9.17, 15) is 18.0 Å². The van der Waals surface area contributed by atoms with Gasteiger partial charge in [-0.05, 0) is 63.1 Å². The molecule has 0 saturated carbocycles. The molecule has 2 aliphatic heterocycles. The third kappa shape index (κ3) is 6.23. The lowest BCUT2D eigenvalue weighted by atomic mass is 10.1. The van der Waals surface area contributed by atoms with Crippen LogP contribution in [-0.4, -0.2) is 88.3 Å². The fraction of sp³-hybridized carbons (Fsp3) is 0.333. The Morgan fingerprint density at radius 2 is 1.65 bits per heavy atom. The summed E-state index contributed by atoms with van der Waals surface area (Å²) in [6, 6.07) is 12.0. The minimum atomic E-state index is -4.20. The summed E-state index contributed by atoms with van der Waals surface area (Å²) in [5, 5.41) is 7.72. The first-order valence-corrected chi connectivity index (χ1v) is 17.7. The van der Waals surface area contributed by atoms with Gasteiger partial charge in [0.15, 0.2) is 11.4 Å². The predicted octanol–water partition coefficient (Wildman–Crippen LogP) is 4.26. The van der Waals surface area contributed by atoms with E-state index in [-0.39, 0.29) is 58.8 Å². The van der Waals surface area contributed by atoms with E-state index < -0.39 is 16.1 Å². The average Bonchev–Trinajstić information content (AvgIpc) is 3.69. The number of ether oxygens (including phenoxy) is 1. The van der Waals surface area contributed by atoms with Gasteiger partial charge in [0.25, 0.3) is 5.91 Å². The molecule has 2 saturated heterocycles. The highest BCUT2D eigenvalue weighted by Crippen LogP contribution is 2.36. The lowest BCUT2D eigenvalue weighted by molar-refractivity contribution is -0.136. The van der Waals surface area contributed by atoms with E-state index in [0.717, 1.165) is 11.4 Å². The Hall–Kier alpha value is -4.17. The zero-order valence-corrected chi connectivity index (χ0v) is 28.8. The van der Waals surface area contributed by atoms with Crippen LogP contribution in [0.1, 0.15) is 45.7 Å². The largest absolute Gasteiger partial charge is 0.485 e. The van der Waals surface area contributed by atoms with Gasteiger partial charge >= 0.3 is 0 Å². The first-order valence-electron chi connectivity index (χ1n) is 15.5. The van der Waals surface area contributed by atoms with Crippen molar-refractivity contribution >= 4 is 56.5 Å². The number of nitrogens with zero attached hydrogens (tertiary/aromatic N) is 5. The number of pyridine rings is 1. The molecule has 0 bridgehead atoms. The number of sulfonamides is 1. The van der Waals surface area contributed by atoms with Gasteiger partial charge in [-0.3, -0.25) is 15.0 Å². The number of nitrogens with two attached hydrogens (primary N) is 1. The second kappa shape index (κ2) is 13.4. The number of amidine groups is 1. The number of piperazine rings is 1. The number of carbonyl (C=O) groups is 2. The number of imidazole rings is 1. The van der Waals surface area contributed by atoms with Crippen molar-refractivity contribution in [1.82, 2.24) is 23.5 Å². The Balaban J connectivity index is 1.15. The van der Waals surface area contributed by atoms with Gasteiger partial charge in [0.05, 0.1) is 10.7 Å². The molecule has 2 aromatic carbocycles. The van der Waals surface area contributed by atoms with E-state index in [1.807, 2.05) is 30.5 Å². The molecule has 0 aliphatic carbocycles.